The molecule has 0 bridgehead atoms. The molecule has 18 heavy (non-hydrogen) atoms. The minimum Gasteiger partial charge on any atom is -0.468 e. The molecule has 1 amide bonds. The highest BCUT2D eigenvalue weighted by Gasteiger charge is 2.20. The molecule has 0 N–H and O–H groups in total. The quantitative estimate of drug-likeness (QED) is 0.768. The van der Waals surface area contributed by atoms with Crippen LogP contribution in [0.2, 0.25) is 0 Å². The third-order valence-electron chi connectivity index (χ3n) is 2.57. The van der Waals surface area contributed by atoms with Gasteiger partial charge >= 0.3 is 5.97 Å². The lowest BCUT2D eigenvalue weighted by Gasteiger charge is -2.19. The molecular weight excluding hydrogens is 237 g/mol. The average molecular weight is 253 g/mol. The fraction of sp³-hybridized carbons (Fsp3) is 0.385. The van der Waals surface area contributed by atoms with Gasteiger partial charge in [0.25, 0.3) is 5.91 Å². The normalized spacial score (nSPS) is 10.0. The Morgan fingerprint density at radius 3 is 2.56 bits per heavy atom. The molecule has 0 unspecified atom stereocenters. The number of rotatable bonds is 4. The smallest absolute Gasteiger partial charge is 0.325 e. The van der Waals surface area contributed by atoms with E-state index in [2.05, 4.69) is 4.74 Å². The monoisotopic (exact) mass is 253 g/mol. The summed E-state index contributed by atoms with van der Waals surface area (Å²) in [6.07, 6.45) is 0. The number of esters is 1. The van der Waals surface area contributed by atoms with Crippen LogP contribution < -0.4 is 0 Å². The second-order valence-corrected chi connectivity index (χ2v) is 3.88. The maximum atomic E-state index is 13.7. The van der Waals surface area contributed by atoms with Crippen molar-refractivity contribution in [2.24, 2.45) is 0 Å². The Bertz CT molecular complexity index is 460. The molecule has 1 rings (SSSR count). The molecule has 1 aromatic carbocycles. The molecule has 0 fully saturated rings. The number of halogens is 1. The first-order valence-electron chi connectivity index (χ1n) is 5.61. The number of ether oxygens (including phenoxy) is 1. The number of amides is 1. The number of carbonyl (C=O) groups excluding carboxylic acids is 2. The van der Waals surface area contributed by atoms with E-state index in [1.165, 1.54) is 24.1 Å². The van der Waals surface area contributed by atoms with Crippen molar-refractivity contribution in [2.45, 2.75) is 13.8 Å². The second-order valence-electron chi connectivity index (χ2n) is 3.88. The summed E-state index contributed by atoms with van der Waals surface area (Å²) in [6.45, 7) is 3.58. The van der Waals surface area contributed by atoms with Gasteiger partial charge in [0.2, 0.25) is 0 Å². The fourth-order valence-corrected chi connectivity index (χ4v) is 1.51. The number of nitrogens with zero attached hydrogens (tertiary/aromatic N) is 1. The molecule has 0 aliphatic heterocycles. The summed E-state index contributed by atoms with van der Waals surface area (Å²) in [6, 6.07) is 4.37. The predicted octanol–water partition coefficient (Wildman–Crippen LogP) is 1.77. The Morgan fingerprint density at radius 2 is 2.06 bits per heavy atom. The first kappa shape index (κ1) is 14.2. The molecule has 0 spiro atoms. The first-order valence-corrected chi connectivity index (χ1v) is 5.61. The zero-order valence-corrected chi connectivity index (χ0v) is 10.7. The first-order chi connectivity index (χ1) is 8.49. The standard InChI is InChI=1S/C13H16FNO3/c1-4-15(8-12(16)18-3)13(17)10-6-5-9(2)7-11(10)14/h5-7H,4,8H2,1-3H3. The molecule has 0 saturated carbocycles. The van der Waals surface area contributed by atoms with E-state index in [9.17, 15) is 14.0 Å². The Morgan fingerprint density at radius 1 is 1.39 bits per heavy atom. The van der Waals surface area contributed by atoms with Gasteiger partial charge in [-0.05, 0) is 31.5 Å². The van der Waals surface area contributed by atoms with Crippen LogP contribution in [0, 0.1) is 12.7 Å². The van der Waals surface area contributed by atoms with E-state index >= 15 is 0 Å². The van der Waals surface area contributed by atoms with Crippen molar-refractivity contribution < 1.29 is 18.7 Å². The van der Waals surface area contributed by atoms with Gasteiger partial charge in [0, 0.05) is 6.54 Å². The third-order valence-corrected chi connectivity index (χ3v) is 2.57. The van der Waals surface area contributed by atoms with Gasteiger partial charge in [-0.3, -0.25) is 9.59 Å². The van der Waals surface area contributed by atoms with Crippen LogP contribution in [0.5, 0.6) is 0 Å². The van der Waals surface area contributed by atoms with E-state index in [0.717, 1.165) is 5.56 Å². The van der Waals surface area contributed by atoms with Gasteiger partial charge in [-0.15, -0.1) is 0 Å². The summed E-state index contributed by atoms with van der Waals surface area (Å²) >= 11 is 0. The van der Waals surface area contributed by atoms with E-state index < -0.39 is 17.7 Å². The lowest BCUT2D eigenvalue weighted by Crippen LogP contribution is -2.36. The predicted molar refractivity (Wildman–Crippen MR) is 64.7 cm³/mol. The Balaban J connectivity index is 2.93. The van der Waals surface area contributed by atoms with Gasteiger partial charge in [-0.1, -0.05) is 6.07 Å². The largest absolute Gasteiger partial charge is 0.468 e. The van der Waals surface area contributed by atoms with Crippen molar-refractivity contribution in [3.63, 3.8) is 0 Å². The average Bonchev–Trinajstić information content (AvgIpc) is 2.34. The summed E-state index contributed by atoms with van der Waals surface area (Å²) in [7, 11) is 1.24. The van der Waals surface area contributed by atoms with Crippen LogP contribution in [0.3, 0.4) is 0 Å². The summed E-state index contributed by atoms with van der Waals surface area (Å²) in [5.41, 5.74) is 0.700. The van der Waals surface area contributed by atoms with Crippen LogP contribution in [-0.4, -0.2) is 37.0 Å². The molecule has 0 aliphatic rings. The van der Waals surface area contributed by atoms with Crippen LogP contribution >= 0.6 is 0 Å². The van der Waals surface area contributed by atoms with Crippen LogP contribution in [-0.2, 0) is 9.53 Å². The second kappa shape index (κ2) is 6.14. The van der Waals surface area contributed by atoms with Crippen molar-refractivity contribution in [2.75, 3.05) is 20.2 Å². The Hall–Kier alpha value is -1.91. The molecule has 0 radical (unpaired) electrons. The van der Waals surface area contributed by atoms with Crippen LogP contribution in [0.25, 0.3) is 0 Å². The molecule has 98 valence electrons. The van der Waals surface area contributed by atoms with Crippen LogP contribution in [0.4, 0.5) is 4.39 Å². The zero-order chi connectivity index (χ0) is 13.7. The summed E-state index contributed by atoms with van der Waals surface area (Å²) < 4.78 is 18.1. The van der Waals surface area contributed by atoms with Crippen molar-refractivity contribution in [1.82, 2.24) is 4.90 Å². The summed E-state index contributed by atoms with van der Waals surface area (Å²) in [5, 5.41) is 0. The van der Waals surface area contributed by atoms with E-state index in [1.807, 2.05) is 0 Å². The van der Waals surface area contributed by atoms with E-state index in [-0.39, 0.29) is 12.1 Å². The molecular formula is C13H16FNO3. The molecule has 1 aromatic rings. The Labute approximate surface area is 105 Å². The van der Waals surface area contributed by atoms with Crippen molar-refractivity contribution in [1.29, 1.82) is 0 Å². The lowest BCUT2D eigenvalue weighted by atomic mass is 10.1. The topological polar surface area (TPSA) is 46.6 Å². The minimum atomic E-state index is -0.580. The van der Waals surface area contributed by atoms with Crippen molar-refractivity contribution in [3.05, 3.63) is 35.1 Å². The highest BCUT2D eigenvalue weighted by Crippen LogP contribution is 2.12. The van der Waals surface area contributed by atoms with Gasteiger partial charge in [0.05, 0.1) is 12.7 Å². The molecule has 0 atom stereocenters. The minimum absolute atomic E-state index is 0.0358. The number of aryl methyl sites for hydroxylation is 1. The highest BCUT2D eigenvalue weighted by molar-refractivity contribution is 5.96. The number of methoxy groups -OCH3 is 1. The maximum Gasteiger partial charge on any atom is 0.325 e. The fourth-order valence-electron chi connectivity index (χ4n) is 1.51. The van der Waals surface area contributed by atoms with Crippen molar-refractivity contribution >= 4 is 11.9 Å². The molecule has 0 aromatic heterocycles. The number of likely N-dealkylation sites (N-methyl/N-ethyl adjacent to an activating group) is 1. The zero-order valence-electron chi connectivity index (χ0n) is 10.7. The SMILES string of the molecule is CCN(CC(=O)OC)C(=O)c1ccc(C)cc1F. The summed E-state index contributed by atoms with van der Waals surface area (Å²) in [4.78, 5) is 24.4. The third kappa shape index (κ3) is 3.29. The van der Waals surface area contributed by atoms with Crippen molar-refractivity contribution in [3.8, 4) is 0 Å². The Kier molecular flexibility index (Phi) is 4.83. The summed E-state index contributed by atoms with van der Waals surface area (Å²) in [5.74, 6) is -1.62. The number of carbonyl (C=O) groups is 2. The van der Waals surface area contributed by atoms with Gasteiger partial charge in [0.15, 0.2) is 0 Å². The lowest BCUT2D eigenvalue weighted by molar-refractivity contribution is -0.141. The van der Waals surface area contributed by atoms with Gasteiger partial charge in [0.1, 0.15) is 12.4 Å². The molecule has 4 nitrogen and oxygen atoms in total. The molecule has 0 heterocycles. The molecule has 5 heteroatoms. The molecule has 0 aliphatic carbocycles. The van der Waals surface area contributed by atoms with E-state index in [4.69, 9.17) is 0 Å². The number of hydrogen-bond acceptors (Lipinski definition) is 3. The van der Waals surface area contributed by atoms with Crippen LogP contribution in [0.15, 0.2) is 18.2 Å². The molecule has 0 saturated heterocycles. The van der Waals surface area contributed by atoms with Gasteiger partial charge < -0.3 is 9.64 Å². The van der Waals surface area contributed by atoms with Crippen LogP contribution in [0.1, 0.15) is 22.8 Å². The van der Waals surface area contributed by atoms with E-state index in [1.54, 1.807) is 19.9 Å². The number of hydrogen-bond donors (Lipinski definition) is 0. The number of benzene rings is 1. The van der Waals surface area contributed by atoms with Gasteiger partial charge in [-0.25, -0.2) is 4.39 Å². The van der Waals surface area contributed by atoms with Gasteiger partial charge in [-0.2, -0.15) is 0 Å². The maximum absolute atomic E-state index is 13.7. The van der Waals surface area contributed by atoms with E-state index in [0.29, 0.717) is 6.54 Å². The highest BCUT2D eigenvalue weighted by atomic mass is 19.1.